The average Bonchev–Trinajstić information content (AvgIpc) is 3.09. The number of hydrogen-bond acceptors (Lipinski definition) is 10. The van der Waals surface area contributed by atoms with Crippen molar-refractivity contribution in [2.75, 3.05) is 55.8 Å². The van der Waals surface area contributed by atoms with Crippen LogP contribution in [0.15, 0.2) is 22.2 Å². The summed E-state index contributed by atoms with van der Waals surface area (Å²) in [6.07, 6.45) is 3.77. The molecule has 0 aromatic carbocycles. The molecule has 2 spiro atoms. The molecule has 6 rings (SSSR count). The summed E-state index contributed by atoms with van der Waals surface area (Å²) in [6.45, 7) is 9.67. The molecule has 2 atom stereocenters. The minimum absolute atomic E-state index is 0.0329. The van der Waals surface area contributed by atoms with Crippen LogP contribution in [0.1, 0.15) is 31.2 Å². The number of rotatable bonds is 5. The molecule has 36 heavy (non-hydrogen) atoms. The zero-order valence-corrected chi connectivity index (χ0v) is 22.3. The van der Waals surface area contributed by atoms with Gasteiger partial charge in [0.15, 0.2) is 5.82 Å². The van der Waals surface area contributed by atoms with Crippen molar-refractivity contribution in [3.8, 4) is 0 Å². The Kier molecular flexibility index (Phi) is 6.33. The normalized spacial score (nSPS) is 26.4. The van der Waals surface area contributed by atoms with Crippen molar-refractivity contribution >= 4 is 35.0 Å². The van der Waals surface area contributed by atoms with Crippen LogP contribution in [0, 0.1) is 17.8 Å². The Morgan fingerprint density at radius 1 is 1.17 bits per heavy atom. The number of pyridine rings is 1. The molecule has 0 saturated carbocycles. The fourth-order valence-corrected chi connectivity index (χ4v) is 7.14. The number of nitrogens with two attached hydrogens (primary N) is 1. The summed E-state index contributed by atoms with van der Waals surface area (Å²) in [5.74, 6) is 1.55. The van der Waals surface area contributed by atoms with Crippen molar-refractivity contribution < 1.29 is 14.6 Å². The quantitative estimate of drug-likeness (QED) is 0.596. The highest BCUT2D eigenvalue weighted by Crippen LogP contribution is 2.45. The van der Waals surface area contributed by atoms with Crippen LogP contribution in [0.2, 0.25) is 5.02 Å². The molecule has 4 saturated heterocycles. The summed E-state index contributed by atoms with van der Waals surface area (Å²) in [7, 11) is 0. The maximum absolute atomic E-state index is 10.2. The highest BCUT2D eigenvalue weighted by molar-refractivity contribution is 7.99. The number of aliphatic hydroxyl groups excluding tert-OH is 1. The lowest BCUT2D eigenvalue weighted by Gasteiger charge is -2.55. The first-order chi connectivity index (χ1) is 17.3. The van der Waals surface area contributed by atoms with E-state index in [0.29, 0.717) is 10.7 Å². The first kappa shape index (κ1) is 24.6. The van der Waals surface area contributed by atoms with Crippen LogP contribution in [-0.2, 0) is 16.1 Å². The van der Waals surface area contributed by atoms with Gasteiger partial charge in [-0.25, -0.2) is 15.0 Å². The number of ether oxygens (including phenoxy) is 2. The molecule has 9 nitrogen and oxygen atoms in total. The second-order valence-electron chi connectivity index (χ2n) is 10.8. The Balaban J connectivity index is 1.19. The molecule has 4 aliphatic heterocycles. The molecule has 3 N–H and O–H groups in total. The summed E-state index contributed by atoms with van der Waals surface area (Å²) in [5.41, 5.74) is 8.19. The average molecular weight is 533 g/mol. The maximum Gasteiger partial charge on any atom is 0.153 e. The van der Waals surface area contributed by atoms with E-state index in [9.17, 15) is 5.11 Å². The van der Waals surface area contributed by atoms with Crippen LogP contribution >= 0.6 is 23.4 Å². The molecule has 11 heteroatoms. The molecule has 0 bridgehead atoms. The number of anilines is 2. The van der Waals surface area contributed by atoms with E-state index in [1.807, 2.05) is 13.0 Å². The third kappa shape index (κ3) is 4.06. The van der Waals surface area contributed by atoms with Gasteiger partial charge in [-0.2, -0.15) is 0 Å². The highest BCUT2D eigenvalue weighted by Gasteiger charge is 2.50. The van der Waals surface area contributed by atoms with Gasteiger partial charge in [0.1, 0.15) is 16.5 Å². The van der Waals surface area contributed by atoms with Gasteiger partial charge in [-0.05, 0) is 32.8 Å². The molecule has 4 aliphatic rings. The van der Waals surface area contributed by atoms with E-state index in [2.05, 4.69) is 21.7 Å². The van der Waals surface area contributed by atoms with Gasteiger partial charge in [-0.3, -0.25) is 0 Å². The van der Waals surface area contributed by atoms with Gasteiger partial charge in [0.25, 0.3) is 0 Å². The molecular weight excluding hydrogens is 500 g/mol. The predicted octanol–water partition coefficient (Wildman–Crippen LogP) is 2.65. The van der Waals surface area contributed by atoms with Crippen LogP contribution in [0.4, 0.5) is 11.6 Å². The van der Waals surface area contributed by atoms with Crippen LogP contribution in [-0.4, -0.2) is 78.2 Å². The van der Waals surface area contributed by atoms with E-state index in [-0.39, 0.29) is 29.6 Å². The van der Waals surface area contributed by atoms with Crippen molar-refractivity contribution in [1.82, 2.24) is 15.0 Å². The minimum atomic E-state index is -0.176. The van der Waals surface area contributed by atoms with E-state index in [1.165, 1.54) is 11.8 Å². The van der Waals surface area contributed by atoms with Gasteiger partial charge in [-0.15, -0.1) is 0 Å². The Morgan fingerprint density at radius 2 is 1.92 bits per heavy atom. The zero-order chi connectivity index (χ0) is 25.1. The number of hydrogen-bond donors (Lipinski definition) is 2. The molecule has 0 aliphatic carbocycles. The molecular formula is C25H33ClN6O3S. The first-order valence-electron chi connectivity index (χ1n) is 12.6. The Hall–Kier alpha value is -1.69. The lowest BCUT2D eigenvalue weighted by molar-refractivity contribution is -0.127. The van der Waals surface area contributed by atoms with E-state index in [1.54, 1.807) is 6.20 Å². The van der Waals surface area contributed by atoms with Gasteiger partial charge in [0.2, 0.25) is 0 Å². The Morgan fingerprint density at radius 3 is 2.53 bits per heavy atom. The molecule has 4 fully saturated rings. The summed E-state index contributed by atoms with van der Waals surface area (Å²) in [4.78, 5) is 19.6. The summed E-state index contributed by atoms with van der Waals surface area (Å²) >= 11 is 8.27. The van der Waals surface area contributed by atoms with E-state index in [4.69, 9.17) is 36.8 Å². The third-order valence-corrected chi connectivity index (χ3v) is 9.97. The second kappa shape index (κ2) is 9.25. The van der Waals surface area contributed by atoms with Crippen molar-refractivity contribution in [3.63, 3.8) is 0 Å². The number of nitrogens with zero attached hydrogens (tertiary/aromatic N) is 5. The number of halogens is 1. The fourth-order valence-electron chi connectivity index (χ4n) is 5.92. The number of aromatic nitrogens is 3. The summed E-state index contributed by atoms with van der Waals surface area (Å²) in [5, 5.41) is 11.5. The van der Waals surface area contributed by atoms with Crippen LogP contribution in [0.5, 0.6) is 0 Å². The first-order valence-corrected chi connectivity index (χ1v) is 13.8. The smallest absolute Gasteiger partial charge is 0.153 e. The minimum Gasteiger partial charge on any atom is -0.390 e. The second-order valence-corrected chi connectivity index (χ2v) is 12.2. The maximum atomic E-state index is 10.2. The van der Waals surface area contributed by atoms with Gasteiger partial charge >= 0.3 is 0 Å². The van der Waals surface area contributed by atoms with Crippen molar-refractivity contribution in [2.45, 2.75) is 55.4 Å². The highest BCUT2D eigenvalue weighted by atomic mass is 35.5. The van der Waals surface area contributed by atoms with Crippen molar-refractivity contribution in [2.24, 2.45) is 16.6 Å². The number of piperidine rings is 1. The Labute approximate surface area is 220 Å². The van der Waals surface area contributed by atoms with E-state index < -0.39 is 0 Å². The van der Waals surface area contributed by atoms with Crippen LogP contribution < -0.4 is 15.5 Å². The van der Waals surface area contributed by atoms with Crippen molar-refractivity contribution in [1.29, 1.82) is 0 Å². The summed E-state index contributed by atoms with van der Waals surface area (Å²) < 4.78 is 11.2. The van der Waals surface area contributed by atoms with E-state index >= 15 is 0 Å². The topological polar surface area (TPSA) is 110 Å². The molecule has 0 radical (unpaired) electrons. The monoisotopic (exact) mass is 532 g/mol. The molecule has 2 aromatic rings. The Bertz CT molecular complexity index is 1150. The lowest BCUT2D eigenvalue weighted by Crippen LogP contribution is -2.66. The summed E-state index contributed by atoms with van der Waals surface area (Å²) in [6, 6.07) is 1.96. The third-order valence-electron chi connectivity index (χ3n) is 8.34. The SMILES string of the molecule is Cc1nc(N2CCC3(CC2)CO[C@@H](C)[C@H]3N)c(CO)nc1Sc1ccnc(N2CC3(COC3)C2)c1Cl. The van der Waals surface area contributed by atoms with Gasteiger partial charge < -0.3 is 30.1 Å². The molecule has 6 heterocycles. The molecule has 0 unspecified atom stereocenters. The number of aliphatic hydroxyl groups is 1. The molecule has 194 valence electrons. The van der Waals surface area contributed by atoms with Gasteiger partial charge in [0.05, 0.1) is 48.7 Å². The van der Waals surface area contributed by atoms with Gasteiger partial charge in [0, 0.05) is 48.7 Å². The van der Waals surface area contributed by atoms with Crippen LogP contribution in [0.25, 0.3) is 0 Å². The van der Waals surface area contributed by atoms with E-state index in [0.717, 1.165) is 86.1 Å². The lowest BCUT2D eigenvalue weighted by atomic mass is 9.73. The molecule has 2 aromatic heterocycles. The van der Waals surface area contributed by atoms with Crippen molar-refractivity contribution in [3.05, 3.63) is 28.7 Å². The predicted molar refractivity (Wildman–Crippen MR) is 139 cm³/mol. The van der Waals surface area contributed by atoms with Crippen LogP contribution in [0.3, 0.4) is 0 Å². The van der Waals surface area contributed by atoms with Gasteiger partial charge in [-0.1, -0.05) is 23.4 Å². The number of aryl methyl sites for hydroxylation is 1. The molecule has 0 amide bonds. The standard InChI is InChI=1S/C25H33ClN6O3S/c1-15-23(36-18-3-6-28-22(19(18)26)32-10-24(11-32)12-34-13-24)30-17(9-33)21(29-15)31-7-4-25(5-8-31)14-35-16(2)20(25)27/h3,6,16,20,33H,4-5,7-14,27H2,1-2H3/t16-,20+/m0/s1. The fraction of sp³-hybridized carbons (Fsp3) is 0.640. The zero-order valence-electron chi connectivity index (χ0n) is 20.7. The largest absolute Gasteiger partial charge is 0.390 e.